The lowest BCUT2D eigenvalue weighted by atomic mass is 10.0. The average Bonchev–Trinajstić information content (AvgIpc) is 2.50. The largest absolute Gasteiger partial charge is 0.383 e. The molecule has 1 fully saturated rings. The second kappa shape index (κ2) is 7.59. The van der Waals surface area contributed by atoms with Crippen LogP contribution in [0.4, 0.5) is 10.1 Å². The lowest BCUT2D eigenvalue weighted by Crippen LogP contribution is -2.47. The molecule has 0 aromatic heterocycles. The number of anilines is 1. The topological polar surface area (TPSA) is 58.6 Å². The number of methoxy groups -OCH3 is 1. The van der Waals surface area contributed by atoms with E-state index in [1.165, 1.54) is 13.2 Å². The van der Waals surface area contributed by atoms with Gasteiger partial charge in [0.1, 0.15) is 5.82 Å². The zero-order chi connectivity index (χ0) is 17.0. The second-order valence-corrected chi connectivity index (χ2v) is 8.28. The fraction of sp³-hybridized carbons (Fsp3) is 0.625. The zero-order valence-corrected chi connectivity index (χ0v) is 14.7. The Hall–Kier alpha value is -1.18. The van der Waals surface area contributed by atoms with Gasteiger partial charge in [-0.3, -0.25) is 0 Å². The number of hydrogen-bond donors (Lipinski definition) is 1. The Bertz CT molecular complexity index is 628. The minimum Gasteiger partial charge on any atom is -0.383 e. The van der Waals surface area contributed by atoms with Gasteiger partial charge < -0.3 is 9.64 Å². The number of aryl methyl sites for hydroxylation is 1. The highest BCUT2D eigenvalue weighted by molar-refractivity contribution is 7.90. The van der Waals surface area contributed by atoms with Crippen molar-refractivity contribution in [3.05, 3.63) is 29.6 Å². The maximum atomic E-state index is 13.9. The van der Waals surface area contributed by atoms with Crippen molar-refractivity contribution in [2.75, 3.05) is 31.7 Å². The van der Waals surface area contributed by atoms with Crippen LogP contribution in [0.15, 0.2) is 18.2 Å². The Balaban J connectivity index is 1.95. The van der Waals surface area contributed by atoms with Gasteiger partial charge in [-0.05, 0) is 44.4 Å². The average molecular weight is 344 g/mol. The van der Waals surface area contributed by atoms with Gasteiger partial charge in [0.25, 0.3) is 0 Å². The van der Waals surface area contributed by atoms with E-state index in [0.717, 1.165) is 5.56 Å². The molecule has 1 saturated heterocycles. The first-order valence-corrected chi connectivity index (χ1v) is 9.39. The summed E-state index contributed by atoms with van der Waals surface area (Å²) in [6, 6.07) is 4.95. The van der Waals surface area contributed by atoms with Gasteiger partial charge >= 0.3 is 0 Å². The van der Waals surface area contributed by atoms with Crippen LogP contribution in [0.5, 0.6) is 0 Å². The van der Waals surface area contributed by atoms with Crippen LogP contribution in [0.1, 0.15) is 25.3 Å². The summed E-state index contributed by atoms with van der Waals surface area (Å²) in [5.41, 5.74) is 1.61. The monoisotopic (exact) mass is 344 g/mol. The molecule has 1 N–H and O–H groups in total. The third-order valence-corrected chi connectivity index (χ3v) is 6.06. The number of halogens is 1. The van der Waals surface area contributed by atoms with Crippen LogP contribution in [0.3, 0.4) is 0 Å². The summed E-state index contributed by atoms with van der Waals surface area (Å²) in [5, 5.41) is -0.584. The maximum Gasteiger partial charge on any atom is 0.216 e. The van der Waals surface area contributed by atoms with Gasteiger partial charge in [0, 0.05) is 26.2 Å². The Morgan fingerprint density at radius 1 is 1.39 bits per heavy atom. The number of ether oxygens (including phenoxy) is 1. The van der Waals surface area contributed by atoms with Crippen LogP contribution >= 0.6 is 0 Å². The molecular formula is C16H25FN2O3S. The molecule has 1 aromatic rings. The molecule has 130 valence electrons. The molecule has 0 amide bonds. The van der Waals surface area contributed by atoms with Crippen molar-refractivity contribution in [3.63, 3.8) is 0 Å². The van der Waals surface area contributed by atoms with Crippen molar-refractivity contribution in [1.82, 2.24) is 4.72 Å². The molecule has 5 nitrogen and oxygen atoms in total. The highest BCUT2D eigenvalue weighted by atomic mass is 32.2. The van der Waals surface area contributed by atoms with Gasteiger partial charge in [0.15, 0.2) is 0 Å². The predicted molar refractivity (Wildman–Crippen MR) is 89.8 cm³/mol. The Labute approximate surface area is 137 Å². The molecule has 2 rings (SSSR count). The summed E-state index contributed by atoms with van der Waals surface area (Å²) in [6.07, 6.45) is 1.32. The fourth-order valence-electron chi connectivity index (χ4n) is 2.78. The van der Waals surface area contributed by atoms with Crippen LogP contribution in [0, 0.1) is 12.7 Å². The first-order chi connectivity index (χ1) is 10.8. The summed E-state index contributed by atoms with van der Waals surface area (Å²) < 4.78 is 46.0. The molecule has 1 aromatic carbocycles. The number of nitrogens with zero attached hydrogens (tertiary/aromatic N) is 1. The third-order valence-electron chi connectivity index (χ3n) is 4.20. The van der Waals surface area contributed by atoms with E-state index in [-0.39, 0.29) is 18.5 Å². The number of benzene rings is 1. The molecule has 23 heavy (non-hydrogen) atoms. The summed E-state index contributed by atoms with van der Waals surface area (Å²) >= 11 is 0. The first kappa shape index (κ1) is 18.2. The number of hydrogen-bond acceptors (Lipinski definition) is 4. The molecule has 0 aliphatic carbocycles. The summed E-state index contributed by atoms with van der Waals surface area (Å²) in [7, 11) is -1.90. The second-order valence-electron chi connectivity index (χ2n) is 6.15. The van der Waals surface area contributed by atoms with E-state index in [9.17, 15) is 12.8 Å². The summed E-state index contributed by atoms with van der Waals surface area (Å²) in [4.78, 5) is 1.98. The van der Waals surface area contributed by atoms with E-state index in [1.54, 1.807) is 13.0 Å². The molecule has 7 heteroatoms. The van der Waals surface area contributed by atoms with Gasteiger partial charge in [-0.15, -0.1) is 0 Å². The smallest absolute Gasteiger partial charge is 0.216 e. The van der Waals surface area contributed by atoms with Gasteiger partial charge in [0.2, 0.25) is 10.0 Å². The SMILES string of the molecule is COC[C@@H](C)S(=O)(=O)NC1CCN(c2cc(C)ccc2F)CC1. The van der Waals surface area contributed by atoms with Crippen LogP contribution in [-0.4, -0.2) is 46.5 Å². The zero-order valence-electron chi connectivity index (χ0n) is 13.9. The lowest BCUT2D eigenvalue weighted by molar-refractivity contribution is 0.200. The summed E-state index contributed by atoms with van der Waals surface area (Å²) in [6.45, 7) is 4.99. The Kier molecular flexibility index (Phi) is 6.00. The minimum atomic E-state index is -3.39. The number of rotatable bonds is 6. The maximum absolute atomic E-state index is 13.9. The molecule has 0 spiro atoms. The van der Waals surface area contributed by atoms with Crippen LogP contribution < -0.4 is 9.62 Å². The highest BCUT2D eigenvalue weighted by Gasteiger charge is 2.28. The van der Waals surface area contributed by atoms with Crippen LogP contribution in [-0.2, 0) is 14.8 Å². The molecule has 0 unspecified atom stereocenters. The van der Waals surface area contributed by atoms with Gasteiger partial charge in [-0.25, -0.2) is 17.5 Å². The quantitative estimate of drug-likeness (QED) is 0.858. The van der Waals surface area contributed by atoms with Crippen molar-refractivity contribution < 1.29 is 17.5 Å². The van der Waals surface area contributed by atoms with Gasteiger partial charge in [-0.1, -0.05) is 6.07 Å². The predicted octanol–water partition coefficient (Wildman–Crippen LogP) is 2.06. The van der Waals surface area contributed by atoms with E-state index in [1.807, 2.05) is 17.9 Å². The molecule has 0 radical (unpaired) electrons. The lowest BCUT2D eigenvalue weighted by Gasteiger charge is -2.34. The molecule has 1 atom stereocenters. The van der Waals surface area contributed by atoms with E-state index >= 15 is 0 Å². The van der Waals surface area contributed by atoms with E-state index in [4.69, 9.17) is 4.74 Å². The number of nitrogens with one attached hydrogen (secondary N) is 1. The van der Waals surface area contributed by atoms with Crippen molar-refractivity contribution in [2.24, 2.45) is 0 Å². The van der Waals surface area contributed by atoms with Crippen molar-refractivity contribution in [3.8, 4) is 0 Å². The van der Waals surface area contributed by atoms with Crippen LogP contribution in [0.25, 0.3) is 0 Å². The van der Waals surface area contributed by atoms with E-state index in [2.05, 4.69) is 4.72 Å². The van der Waals surface area contributed by atoms with E-state index in [0.29, 0.717) is 31.6 Å². The highest BCUT2D eigenvalue weighted by Crippen LogP contribution is 2.24. The van der Waals surface area contributed by atoms with E-state index < -0.39 is 15.3 Å². The Morgan fingerprint density at radius 3 is 2.65 bits per heavy atom. The number of piperidine rings is 1. The molecule has 1 aliphatic heterocycles. The minimum absolute atomic E-state index is 0.108. The molecule has 1 aliphatic rings. The Morgan fingerprint density at radius 2 is 2.04 bits per heavy atom. The van der Waals surface area contributed by atoms with Crippen LogP contribution in [0.2, 0.25) is 0 Å². The van der Waals surface area contributed by atoms with Gasteiger partial charge in [0.05, 0.1) is 17.5 Å². The normalized spacial score (nSPS) is 18.2. The van der Waals surface area contributed by atoms with Crippen molar-refractivity contribution >= 4 is 15.7 Å². The molecular weight excluding hydrogens is 319 g/mol. The third kappa shape index (κ3) is 4.65. The first-order valence-electron chi connectivity index (χ1n) is 7.84. The molecule has 0 bridgehead atoms. The number of sulfonamides is 1. The fourth-order valence-corrected chi connectivity index (χ4v) is 4.02. The van der Waals surface area contributed by atoms with Crippen molar-refractivity contribution in [2.45, 2.75) is 38.0 Å². The van der Waals surface area contributed by atoms with Crippen molar-refractivity contribution in [1.29, 1.82) is 0 Å². The standard InChI is InChI=1S/C16H25FN2O3S/c1-12-4-5-15(17)16(10-12)19-8-6-14(7-9-19)18-23(20,21)13(2)11-22-3/h4-5,10,13-14,18H,6-9,11H2,1-3H3/t13-/m1/s1. The molecule has 1 heterocycles. The van der Waals surface area contributed by atoms with Gasteiger partial charge in [-0.2, -0.15) is 0 Å². The molecule has 0 saturated carbocycles. The summed E-state index contributed by atoms with van der Waals surface area (Å²) in [5.74, 6) is -0.233.